The zero-order valence-corrected chi connectivity index (χ0v) is 17.0. The summed E-state index contributed by atoms with van der Waals surface area (Å²) in [7, 11) is 0. The minimum Gasteiger partial charge on any atom is -0.455 e. The van der Waals surface area contributed by atoms with E-state index in [-0.39, 0.29) is 12.1 Å². The van der Waals surface area contributed by atoms with Crippen molar-refractivity contribution >= 4 is 23.3 Å². The van der Waals surface area contributed by atoms with Gasteiger partial charge in [-0.05, 0) is 36.2 Å². The summed E-state index contributed by atoms with van der Waals surface area (Å²) in [4.78, 5) is 26.2. The van der Waals surface area contributed by atoms with E-state index in [1.807, 2.05) is 24.0 Å². The molecule has 1 amide bonds. The molecule has 0 unspecified atom stereocenters. The van der Waals surface area contributed by atoms with E-state index in [1.54, 1.807) is 12.1 Å². The molecule has 31 heavy (non-hydrogen) atoms. The molecule has 2 aromatic rings. The zero-order valence-electron chi connectivity index (χ0n) is 17.0. The molecule has 0 saturated carbocycles. The van der Waals surface area contributed by atoms with Gasteiger partial charge in [-0.25, -0.2) is 0 Å². The molecule has 3 rings (SSSR count). The van der Waals surface area contributed by atoms with E-state index >= 15 is 0 Å². The van der Waals surface area contributed by atoms with E-state index in [0.29, 0.717) is 32.0 Å². The fourth-order valence-electron chi connectivity index (χ4n) is 3.24. The molecule has 1 N–H and O–H groups in total. The smallest absolute Gasteiger partial charge is 0.416 e. The maximum absolute atomic E-state index is 13.2. The van der Waals surface area contributed by atoms with Crippen LogP contribution in [0.25, 0.3) is 0 Å². The third kappa shape index (κ3) is 6.21. The van der Waals surface area contributed by atoms with Gasteiger partial charge in [-0.1, -0.05) is 24.3 Å². The normalized spacial score (nSPS) is 14.3. The summed E-state index contributed by atoms with van der Waals surface area (Å²) in [6, 6.07) is 10.5. The molecule has 0 spiro atoms. The second kappa shape index (κ2) is 9.82. The van der Waals surface area contributed by atoms with Crippen molar-refractivity contribution in [3.8, 4) is 0 Å². The molecule has 9 heteroatoms. The highest BCUT2D eigenvalue weighted by Crippen LogP contribution is 2.35. The number of nitrogens with zero attached hydrogens (tertiary/aromatic N) is 1. The van der Waals surface area contributed by atoms with E-state index in [9.17, 15) is 22.8 Å². The number of hydrogen-bond acceptors (Lipinski definition) is 5. The standard InChI is InChI=1S/C22H23F3N2O4/c1-15-4-2-3-5-16(15)12-21(29)31-14-20(28)26-18-13-17(22(23,24)25)6-7-19(18)27-8-10-30-11-9-27/h2-7,13H,8-12,14H2,1H3,(H,26,28). The Labute approximate surface area is 177 Å². The Hall–Kier alpha value is -3.07. The molecule has 1 aliphatic rings. The average Bonchev–Trinajstić information content (AvgIpc) is 2.74. The first-order chi connectivity index (χ1) is 14.7. The van der Waals surface area contributed by atoms with Crippen molar-refractivity contribution in [1.82, 2.24) is 0 Å². The van der Waals surface area contributed by atoms with Crippen molar-refractivity contribution in [2.45, 2.75) is 19.5 Å². The molecule has 0 aromatic heterocycles. The van der Waals surface area contributed by atoms with E-state index in [2.05, 4.69) is 5.32 Å². The Bertz CT molecular complexity index is 941. The Morgan fingerprint density at radius 2 is 1.84 bits per heavy atom. The van der Waals surface area contributed by atoms with Gasteiger partial charge in [-0.3, -0.25) is 9.59 Å². The van der Waals surface area contributed by atoms with Crippen molar-refractivity contribution in [2.75, 3.05) is 43.1 Å². The van der Waals surface area contributed by atoms with Crippen LogP contribution in [-0.2, 0) is 31.7 Å². The SMILES string of the molecule is Cc1ccccc1CC(=O)OCC(=O)Nc1cc(C(F)(F)F)ccc1N1CCOCC1. The van der Waals surface area contributed by atoms with Crippen LogP contribution in [0.3, 0.4) is 0 Å². The number of halogens is 3. The van der Waals surface area contributed by atoms with E-state index in [4.69, 9.17) is 9.47 Å². The van der Waals surface area contributed by atoms with Crippen LogP contribution in [0.1, 0.15) is 16.7 Å². The van der Waals surface area contributed by atoms with Crippen LogP contribution in [-0.4, -0.2) is 44.8 Å². The van der Waals surface area contributed by atoms with E-state index in [1.165, 1.54) is 6.07 Å². The lowest BCUT2D eigenvalue weighted by molar-refractivity contribution is -0.146. The quantitative estimate of drug-likeness (QED) is 0.702. The molecular formula is C22H23F3N2O4. The predicted molar refractivity (Wildman–Crippen MR) is 109 cm³/mol. The Balaban J connectivity index is 1.67. The number of carbonyl (C=O) groups is 2. The first kappa shape index (κ1) is 22.6. The number of nitrogens with one attached hydrogen (secondary N) is 1. The zero-order chi connectivity index (χ0) is 22.4. The summed E-state index contributed by atoms with van der Waals surface area (Å²) in [5, 5.41) is 2.45. The highest BCUT2D eigenvalue weighted by atomic mass is 19.4. The van der Waals surface area contributed by atoms with Gasteiger partial charge in [-0.2, -0.15) is 13.2 Å². The number of ether oxygens (including phenoxy) is 2. The van der Waals surface area contributed by atoms with E-state index < -0.39 is 30.2 Å². The first-order valence-corrected chi connectivity index (χ1v) is 9.78. The molecule has 1 fully saturated rings. The van der Waals surface area contributed by atoms with Gasteiger partial charge in [0.05, 0.1) is 36.6 Å². The minimum absolute atomic E-state index is 0.00252. The molecule has 1 heterocycles. The molecule has 0 aliphatic carbocycles. The summed E-state index contributed by atoms with van der Waals surface area (Å²) >= 11 is 0. The third-order valence-corrected chi connectivity index (χ3v) is 4.91. The van der Waals surface area contributed by atoms with Crippen LogP contribution in [0.4, 0.5) is 24.5 Å². The van der Waals surface area contributed by atoms with Crippen molar-refractivity contribution in [1.29, 1.82) is 0 Å². The lowest BCUT2D eigenvalue weighted by Crippen LogP contribution is -2.37. The predicted octanol–water partition coefficient (Wildman–Crippen LogP) is 3.57. The van der Waals surface area contributed by atoms with Crippen molar-refractivity contribution < 1.29 is 32.2 Å². The Morgan fingerprint density at radius 1 is 1.13 bits per heavy atom. The van der Waals surface area contributed by atoms with Crippen LogP contribution in [0.5, 0.6) is 0 Å². The number of alkyl halides is 3. The highest BCUT2D eigenvalue weighted by Gasteiger charge is 2.32. The number of aryl methyl sites for hydroxylation is 1. The Kier molecular flexibility index (Phi) is 7.17. The van der Waals surface area contributed by atoms with Gasteiger partial charge in [0.25, 0.3) is 5.91 Å². The lowest BCUT2D eigenvalue weighted by Gasteiger charge is -2.31. The second-order valence-corrected chi connectivity index (χ2v) is 7.14. The van der Waals surface area contributed by atoms with Crippen molar-refractivity contribution in [2.24, 2.45) is 0 Å². The van der Waals surface area contributed by atoms with Crippen molar-refractivity contribution in [3.05, 3.63) is 59.2 Å². The fraction of sp³-hybridized carbons (Fsp3) is 0.364. The number of hydrogen-bond donors (Lipinski definition) is 1. The summed E-state index contributed by atoms with van der Waals surface area (Å²) in [6.07, 6.45) is -4.55. The van der Waals surface area contributed by atoms with Gasteiger partial charge in [-0.15, -0.1) is 0 Å². The molecule has 0 atom stereocenters. The topological polar surface area (TPSA) is 67.9 Å². The number of morpholine rings is 1. The van der Waals surface area contributed by atoms with E-state index in [0.717, 1.165) is 23.3 Å². The third-order valence-electron chi connectivity index (χ3n) is 4.91. The number of carbonyl (C=O) groups excluding carboxylic acids is 2. The number of benzene rings is 2. The molecule has 1 aliphatic heterocycles. The van der Waals surface area contributed by atoms with Gasteiger partial charge < -0.3 is 19.7 Å². The average molecular weight is 436 g/mol. The second-order valence-electron chi connectivity index (χ2n) is 7.14. The minimum atomic E-state index is -4.55. The molecule has 0 bridgehead atoms. The molecule has 0 radical (unpaired) electrons. The maximum atomic E-state index is 13.2. The van der Waals surface area contributed by atoms with Crippen LogP contribution < -0.4 is 10.2 Å². The summed E-state index contributed by atoms with van der Waals surface area (Å²) in [5.41, 5.74) is 1.28. The maximum Gasteiger partial charge on any atom is 0.416 e. The highest BCUT2D eigenvalue weighted by molar-refractivity contribution is 5.96. The molecule has 6 nitrogen and oxygen atoms in total. The first-order valence-electron chi connectivity index (χ1n) is 9.78. The van der Waals surface area contributed by atoms with Gasteiger partial charge in [0.2, 0.25) is 0 Å². The summed E-state index contributed by atoms with van der Waals surface area (Å²) in [6.45, 7) is 3.11. The van der Waals surface area contributed by atoms with Crippen LogP contribution in [0.2, 0.25) is 0 Å². The van der Waals surface area contributed by atoms with Crippen LogP contribution in [0, 0.1) is 6.92 Å². The Morgan fingerprint density at radius 3 is 2.52 bits per heavy atom. The van der Waals surface area contributed by atoms with Crippen LogP contribution >= 0.6 is 0 Å². The molecular weight excluding hydrogens is 413 g/mol. The van der Waals surface area contributed by atoms with Gasteiger partial charge in [0.1, 0.15) is 0 Å². The van der Waals surface area contributed by atoms with Gasteiger partial charge >= 0.3 is 12.1 Å². The summed E-state index contributed by atoms with van der Waals surface area (Å²) in [5.74, 6) is -1.31. The van der Waals surface area contributed by atoms with Crippen molar-refractivity contribution in [3.63, 3.8) is 0 Å². The van der Waals surface area contributed by atoms with Crippen LogP contribution in [0.15, 0.2) is 42.5 Å². The number of anilines is 2. The monoisotopic (exact) mass is 436 g/mol. The fourth-order valence-corrected chi connectivity index (χ4v) is 3.24. The number of esters is 1. The number of rotatable bonds is 6. The largest absolute Gasteiger partial charge is 0.455 e. The molecule has 2 aromatic carbocycles. The van der Waals surface area contributed by atoms with Gasteiger partial charge in [0, 0.05) is 13.1 Å². The molecule has 1 saturated heterocycles. The lowest BCUT2D eigenvalue weighted by atomic mass is 10.1. The number of amides is 1. The van der Waals surface area contributed by atoms with Gasteiger partial charge in [0.15, 0.2) is 6.61 Å². The summed E-state index contributed by atoms with van der Waals surface area (Å²) < 4.78 is 49.8. The molecule has 166 valence electrons.